The van der Waals surface area contributed by atoms with Crippen molar-refractivity contribution < 1.29 is 4.79 Å². The normalized spacial score (nSPS) is 15.4. The molecule has 0 aliphatic carbocycles. The van der Waals surface area contributed by atoms with Crippen LogP contribution in [0.25, 0.3) is 10.2 Å². The van der Waals surface area contributed by atoms with Crippen molar-refractivity contribution in [2.45, 2.75) is 46.1 Å². The second-order valence-corrected chi connectivity index (χ2v) is 8.30. The molecular weight excluding hydrogens is 342 g/mol. The molecular formula is C21H25N3OS. The molecule has 1 aliphatic rings. The summed E-state index contributed by atoms with van der Waals surface area (Å²) in [5.74, 6) is 0.189. The molecule has 4 nitrogen and oxygen atoms in total. The van der Waals surface area contributed by atoms with Gasteiger partial charge in [0.25, 0.3) is 5.91 Å². The van der Waals surface area contributed by atoms with Gasteiger partial charge in [-0.1, -0.05) is 42.7 Å². The van der Waals surface area contributed by atoms with E-state index >= 15 is 0 Å². The quantitative estimate of drug-likeness (QED) is 0.668. The molecule has 0 bridgehead atoms. The van der Waals surface area contributed by atoms with Gasteiger partial charge in [-0.15, -0.1) is 11.3 Å². The standard InChI is InChI=1S/C21H25N3OS/c1-15-7-9-17(10-8-15)14-24-21-18(16(2)22-24)13-19(26-21)20(25)23-11-5-3-4-6-12-23/h7-10,13H,3-6,11-12,14H2,1-2H3. The van der Waals surface area contributed by atoms with Gasteiger partial charge in [-0.25, -0.2) is 0 Å². The smallest absolute Gasteiger partial charge is 0.264 e. The van der Waals surface area contributed by atoms with Crippen molar-refractivity contribution in [1.29, 1.82) is 0 Å². The van der Waals surface area contributed by atoms with Crippen LogP contribution in [0.3, 0.4) is 0 Å². The number of benzene rings is 1. The third-order valence-corrected chi connectivity index (χ3v) is 6.30. The predicted molar refractivity (Wildman–Crippen MR) is 107 cm³/mol. The van der Waals surface area contributed by atoms with E-state index in [4.69, 9.17) is 5.10 Å². The van der Waals surface area contributed by atoms with Gasteiger partial charge in [-0.05, 0) is 38.3 Å². The summed E-state index contributed by atoms with van der Waals surface area (Å²) >= 11 is 1.58. The molecule has 2 aromatic heterocycles. The lowest BCUT2D eigenvalue weighted by molar-refractivity contribution is 0.0766. The van der Waals surface area contributed by atoms with Crippen molar-refractivity contribution in [1.82, 2.24) is 14.7 Å². The average Bonchev–Trinajstić information content (AvgIpc) is 3.06. The Kier molecular flexibility index (Phi) is 4.81. The maximum atomic E-state index is 12.9. The molecule has 3 heterocycles. The number of carbonyl (C=O) groups excluding carboxylic acids is 1. The van der Waals surface area contributed by atoms with Gasteiger partial charge >= 0.3 is 0 Å². The number of carbonyl (C=O) groups is 1. The van der Waals surface area contributed by atoms with E-state index in [1.165, 1.54) is 24.0 Å². The summed E-state index contributed by atoms with van der Waals surface area (Å²) in [4.78, 5) is 16.9. The molecule has 1 aromatic carbocycles. The molecule has 26 heavy (non-hydrogen) atoms. The first-order chi connectivity index (χ1) is 12.6. The minimum atomic E-state index is 0.189. The largest absolute Gasteiger partial charge is 0.338 e. The number of aromatic nitrogens is 2. The Balaban J connectivity index is 1.62. The maximum absolute atomic E-state index is 12.9. The van der Waals surface area contributed by atoms with Crippen molar-refractivity contribution in [2.75, 3.05) is 13.1 Å². The zero-order valence-electron chi connectivity index (χ0n) is 15.5. The number of nitrogens with zero attached hydrogens (tertiary/aromatic N) is 3. The SMILES string of the molecule is Cc1ccc(Cn2nc(C)c3cc(C(=O)N4CCCCCC4)sc32)cc1. The highest BCUT2D eigenvalue weighted by Gasteiger charge is 2.21. The van der Waals surface area contributed by atoms with Gasteiger partial charge in [0, 0.05) is 18.5 Å². The van der Waals surface area contributed by atoms with Crippen LogP contribution in [0, 0.1) is 13.8 Å². The van der Waals surface area contributed by atoms with E-state index in [1.807, 2.05) is 22.6 Å². The van der Waals surface area contributed by atoms with E-state index in [2.05, 4.69) is 31.2 Å². The predicted octanol–water partition coefficient (Wildman–Crippen LogP) is 4.78. The van der Waals surface area contributed by atoms with Gasteiger partial charge < -0.3 is 4.90 Å². The van der Waals surface area contributed by atoms with Crippen LogP contribution >= 0.6 is 11.3 Å². The molecule has 1 amide bonds. The number of thiophene rings is 1. The van der Waals surface area contributed by atoms with Crippen LogP contribution in [-0.2, 0) is 6.54 Å². The Labute approximate surface area is 158 Å². The molecule has 0 N–H and O–H groups in total. The molecule has 1 saturated heterocycles. The third-order valence-electron chi connectivity index (χ3n) is 5.16. The van der Waals surface area contributed by atoms with Crippen LogP contribution in [0.4, 0.5) is 0 Å². The van der Waals surface area contributed by atoms with Crippen LogP contribution < -0.4 is 0 Å². The lowest BCUT2D eigenvalue weighted by Crippen LogP contribution is -2.31. The molecule has 0 radical (unpaired) electrons. The van der Waals surface area contributed by atoms with Crippen molar-refractivity contribution in [3.8, 4) is 0 Å². The number of hydrogen-bond acceptors (Lipinski definition) is 3. The highest BCUT2D eigenvalue weighted by atomic mass is 32.1. The molecule has 0 atom stereocenters. The lowest BCUT2D eigenvalue weighted by atomic mass is 10.1. The molecule has 5 heteroatoms. The van der Waals surface area contributed by atoms with E-state index in [0.29, 0.717) is 0 Å². The summed E-state index contributed by atoms with van der Waals surface area (Å²) in [7, 11) is 0. The van der Waals surface area contributed by atoms with E-state index in [0.717, 1.165) is 53.3 Å². The fraction of sp³-hybridized carbons (Fsp3) is 0.429. The summed E-state index contributed by atoms with van der Waals surface area (Å²) < 4.78 is 2.04. The first-order valence-electron chi connectivity index (χ1n) is 9.43. The van der Waals surface area contributed by atoms with Gasteiger partial charge in [-0.3, -0.25) is 9.48 Å². The second kappa shape index (κ2) is 7.23. The fourth-order valence-corrected chi connectivity index (χ4v) is 4.75. The summed E-state index contributed by atoms with van der Waals surface area (Å²) in [5.41, 5.74) is 3.49. The van der Waals surface area contributed by atoms with Gasteiger partial charge in [0.1, 0.15) is 4.83 Å². The zero-order valence-corrected chi connectivity index (χ0v) is 16.3. The Morgan fingerprint density at radius 2 is 1.77 bits per heavy atom. The number of aryl methyl sites for hydroxylation is 2. The Morgan fingerprint density at radius 1 is 1.08 bits per heavy atom. The second-order valence-electron chi connectivity index (χ2n) is 7.26. The Bertz CT molecular complexity index is 915. The van der Waals surface area contributed by atoms with E-state index in [9.17, 15) is 4.79 Å². The minimum absolute atomic E-state index is 0.189. The van der Waals surface area contributed by atoms with Crippen LogP contribution in [0.2, 0.25) is 0 Å². The van der Waals surface area contributed by atoms with Crippen molar-refractivity contribution in [3.05, 3.63) is 52.0 Å². The average molecular weight is 368 g/mol. The molecule has 0 unspecified atom stereocenters. The van der Waals surface area contributed by atoms with Gasteiger partial charge in [0.15, 0.2) is 0 Å². The highest BCUT2D eigenvalue weighted by molar-refractivity contribution is 7.20. The van der Waals surface area contributed by atoms with Crippen LogP contribution in [-0.4, -0.2) is 33.7 Å². The monoisotopic (exact) mass is 367 g/mol. The first-order valence-corrected chi connectivity index (χ1v) is 10.3. The lowest BCUT2D eigenvalue weighted by Gasteiger charge is -2.19. The number of hydrogen-bond donors (Lipinski definition) is 0. The molecule has 1 aliphatic heterocycles. The molecule has 4 rings (SSSR count). The van der Waals surface area contributed by atoms with Crippen LogP contribution in [0.1, 0.15) is 52.2 Å². The number of rotatable bonds is 3. The van der Waals surface area contributed by atoms with Crippen molar-refractivity contribution >= 4 is 27.5 Å². The summed E-state index contributed by atoms with van der Waals surface area (Å²) in [6.45, 7) is 6.65. The topological polar surface area (TPSA) is 38.1 Å². The third kappa shape index (κ3) is 3.40. The summed E-state index contributed by atoms with van der Waals surface area (Å²) in [6.07, 6.45) is 4.72. The van der Waals surface area contributed by atoms with Gasteiger partial charge in [-0.2, -0.15) is 5.10 Å². The van der Waals surface area contributed by atoms with Crippen LogP contribution in [0.15, 0.2) is 30.3 Å². The van der Waals surface area contributed by atoms with Gasteiger partial charge in [0.2, 0.25) is 0 Å². The fourth-order valence-electron chi connectivity index (χ4n) is 3.62. The Hall–Kier alpha value is -2.14. The molecule has 0 saturated carbocycles. The number of fused-ring (bicyclic) bond motifs is 1. The van der Waals surface area contributed by atoms with E-state index in [1.54, 1.807) is 11.3 Å². The van der Waals surface area contributed by atoms with Gasteiger partial charge in [0.05, 0.1) is 17.1 Å². The summed E-state index contributed by atoms with van der Waals surface area (Å²) in [5, 5.41) is 5.81. The van der Waals surface area contributed by atoms with Crippen molar-refractivity contribution in [2.24, 2.45) is 0 Å². The number of amides is 1. The molecule has 1 fully saturated rings. The Morgan fingerprint density at radius 3 is 2.46 bits per heavy atom. The van der Waals surface area contributed by atoms with Crippen molar-refractivity contribution in [3.63, 3.8) is 0 Å². The summed E-state index contributed by atoms with van der Waals surface area (Å²) in [6, 6.07) is 10.6. The number of likely N-dealkylation sites (tertiary alicyclic amines) is 1. The van der Waals surface area contributed by atoms with E-state index in [-0.39, 0.29) is 5.91 Å². The van der Waals surface area contributed by atoms with E-state index < -0.39 is 0 Å². The minimum Gasteiger partial charge on any atom is -0.338 e. The maximum Gasteiger partial charge on any atom is 0.264 e. The molecule has 3 aromatic rings. The molecule has 0 spiro atoms. The molecule has 136 valence electrons. The highest BCUT2D eigenvalue weighted by Crippen LogP contribution is 2.30. The van der Waals surface area contributed by atoms with Crippen LogP contribution in [0.5, 0.6) is 0 Å². The first kappa shape index (κ1) is 17.3. The zero-order chi connectivity index (χ0) is 18.1.